The van der Waals surface area contributed by atoms with E-state index in [-0.39, 0.29) is 18.7 Å². The SMILES string of the molecule is CC(C)(C)N(C(=O)COc1ccccc1)C1CC(=O)N(c2ccc(F)cc2)C1=O. The summed E-state index contributed by atoms with van der Waals surface area (Å²) in [5.74, 6) is -1.26. The third-order valence-electron chi connectivity index (χ3n) is 4.62. The zero-order valence-corrected chi connectivity index (χ0v) is 16.6. The molecule has 1 saturated heterocycles. The molecule has 0 aromatic heterocycles. The molecule has 3 amide bonds. The molecule has 2 aromatic carbocycles. The van der Waals surface area contributed by atoms with Crippen LogP contribution in [0.25, 0.3) is 0 Å². The quantitative estimate of drug-likeness (QED) is 0.726. The van der Waals surface area contributed by atoms with Gasteiger partial charge in [-0.2, -0.15) is 0 Å². The molecule has 1 fully saturated rings. The Balaban J connectivity index is 1.81. The number of hydrogen-bond acceptors (Lipinski definition) is 4. The van der Waals surface area contributed by atoms with Gasteiger partial charge in [0.25, 0.3) is 11.8 Å². The van der Waals surface area contributed by atoms with Gasteiger partial charge in [-0.1, -0.05) is 18.2 Å². The Labute approximate surface area is 168 Å². The predicted octanol–water partition coefficient (Wildman–Crippen LogP) is 3.16. The first-order valence-electron chi connectivity index (χ1n) is 9.31. The van der Waals surface area contributed by atoms with Crippen molar-refractivity contribution in [1.29, 1.82) is 0 Å². The van der Waals surface area contributed by atoms with Crippen LogP contribution in [0, 0.1) is 5.82 Å². The van der Waals surface area contributed by atoms with E-state index in [1.165, 1.54) is 29.2 Å². The highest BCUT2D eigenvalue weighted by Gasteiger charge is 2.47. The second-order valence-electron chi connectivity index (χ2n) is 7.80. The second kappa shape index (κ2) is 8.03. The number of imide groups is 1. The van der Waals surface area contributed by atoms with Crippen LogP contribution in [0.15, 0.2) is 54.6 Å². The Morgan fingerprint density at radius 2 is 1.72 bits per heavy atom. The summed E-state index contributed by atoms with van der Waals surface area (Å²) in [7, 11) is 0. The van der Waals surface area contributed by atoms with Crippen LogP contribution in [0.1, 0.15) is 27.2 Å². The van der Waals surface area contributed by atoms with E-state index in [4.69, 9.17) is 4.74 Å². The Morgan fingerprint density at radius 3 is 2.31 bits per heavy atom. The van der Waals surface area contributed by atoms with Crippen LogP contribution < -0.4 is 9.64 Å². The average molecular weight is 398 g/mol. The van der Waals surface area contributed by atoms with Crippen molar-refractivity contribution in [2.75, 3.05) is 11.5 Å². The molecular weight excluding hydrogens is 375 g/mol. The number of rotatable bonds is 5. The maximum Gasteiger partial charge on any atom is 0.261 e. The van der Waals surface area contributed by atoms with Gasteiger partial charge in [0, 0.05) is 5.54 Å². The van der Waals surface area contributed by atoms with E-state index in [0.717, 1.165) is 4.90 Å². The number of anilines is 1. The molecular formula is C22H23FN2O4. The lowest BCUT2D eigenvalue weighted by Crippen LogP contribution is -2.55. The lowest BCUT2D eigenvalue weighted by molar-refractivity contribution is -0.145. The highest BCUT2D eigenvalue weighted by atomic mass is 19.1. The van der Waals surface area contributed by atoms with E-state index in [9.17, 15) is 18.8 Å². The first-order chi connectivity index (χ1) is 13.7. The zero-order valence-electron chi connectivity index (χ0n) is 16.6. The number of nitrogens with zero attached hydrogens (tertiary/aromatic N) is 2. The molecule has 2 aromatic rings. The first-order valence-corrected chi connectivity index (χ1v) is 9.31. The molecule has 3 rings (SSSR count). The van der Waals surface area contributed by atoms with Crippen molar-refractivity contribution >= 4 is 23.4 Å². The number of carbonyl (C=O) groups is 3. The normalized spacial score (nSPS) is 16.8. The molecule has 7 heteroatoms. The third kappa shape index (κ3) is 4.45. The van der Waals surface area contributed by atoms with E-state index >= 15 is 0 Å². The number of halogens is 1. The molecule has 0 spiro atoms. The minimum absolute atomic E-state index is 0.134. The number of hydrogen-bond donors (Lipinski definition) is 0. The Hall–Kier alpha value is -3.22. The third-order valence-corrected chi connectivity index (χ3v) is 4.62. The number of ether oxygens (including phenoxy) is 1. The summed E-state index contributed by atoms with van der Waals surface area (Å²) in [5, 5.41) is 0. The fourth-order valence-corrected chi connectivity index (χ4v) is 3.43. The van der Waals surface area contributed by atoms with Crippen molar-refractivity contribution < 1.29 is 23.5 Å². The number of benzene rings is 2. The monoisotopic (exact) mass is 398 g/mol. The van der Waals surface area contributed by atoms with Crippen molar-refractivity contribution in [2.45, 2.75) is 38.8 Å². The topological polar surface area (TPSA) is 66.9 Å². The number of amides is 3. The predicted molar refractivity (Wildman–Crippen MR) is 106 cm³/mol. The lowest BCUT2D eigenvalue weighted by Gasteiger charge is -2.39. The van der Waals surface area contributed by atoms with Crippen LogP contribution in [0.3, 0.4) is 0 Å². The fraction of sp³-hybridized carbons (Fsp3) is 0.318. The molecule has 1 atom stereocenters. The molecule has 0 radical (unpaired) electrons. The summed E-state index contributed by atoms with van der Waals surface area (Å²) in [5.41, 5.74) is -0.429. The van der Waals surface area contributed by atoms with Gasteiger partial charge in [-0.15, -0.1) is 0 Å². The van der Waals surface area contributed by atoms with Crippen LogP contribution >= 0.6 is 0 Å². The molecule has 29 heavy (non-hydrogen) atoms. The van der Waals surface area contributed by atoms with Gasteiger partial charge in [0.2, 0.25) is 5.91 Å². The zero-order chi connectivity index (χ0) is 21.2. The first kappa shape index (κ1) is 20.5. The Morgan fingerprint density at radius 1 is 1.10 bits per heavy atom. The van der Waals surface area contributed by atoms with Crippen LogP contribution in [-0.4, -0.2) is 40.8 Å². The Bertz CT molecular complexity index is 907. The summed E-state index contributed by atoms with van der Waals surface area (Å²) in [6.07, 6.45) is -0.134. The van der Waals surface area contributed by atoms with Crippen molar-refractivity contribution in [2.24, 2.45) is 0 Å². The molecule has 152 valence electrons. The Kier molecular flexibility index (Phi) is 5.68. The van der Waals surface area contributed by atoms with E-state index < -0.39 is 35.1 Å². The standard InChI is InChI=1S/C22H23FN2O4/c1-22(2,3)25(20(27)14-29-17-7-5-4-6-8-17)18-13-19(26)24(21(18)28)16-11-9-15(23)10-12-16/h4-12,18H,13-14H2,1-3H3. The summed E-state index contributed by atoms with van der Waals surface area (Å²) in [6.45, 7) is 5.14. The van der Waals surface area contributed by atoms with E-state index in [1.807, 2.05) is 6.07 Å². The number of carbonyl (C=O) groups excluding carboxylic acids is 3. The fourth-order valence-electron chi connectivity index (χ4n) is 3.43. The van der Waals surface area contributed by atoms with Crippen LogP contribution in [0.2, 0.25) is 0 Å². The van der Waals surface area contributed by atoms with Gasteiger partial charge < -0.3 is 9.64 Å². The maximum atomic E-state index is 13.2. The number of para-hydroxylation sites is 1. The summed E-state index contributed by atoms with van der Waals surface area (Å²) in [4.78, 5) is 41.0. The van der Waals surface area contributed by atoms with E-state index in [0.29, 0.717) is 5.75 Å². The van der Waals surface area contributed by atoms with Crippen molar-refractivity contribution in [3.05, 3.63) is 60.4 Å². The van der Waals surface area contributed by atoms with Gasteiger partial charge in [-0.05, 0) is 57.2 Å². The minimum Gasteiger partial charge on any atom is -0.484 e. The van der Waals surface area contributed by atoms with Gasteiger partial charge in [0.15, 0.2) is 6.61 Å². The van der Waals surface area contributed by atoms with Crippen molar-refractivity contribution in [3.63, 3.8) is 0 Å². The van der Waals surface area contributed by atoms with Gasteiger partial charge >= 0.3 is 0 Å². The molecule has 1 aliphatic heterocycles. The average Bonchev–Trinajstić information content (AvgIpc) is 2.95. The van der Waals surface area contributed by atoms with Gasteiger partial charge in [0.05, 0.1) is 12.1 Å². The van der Waals surface area contributed by atoms with E-state index in [1.54, 1.807) is 45.0 Å². The lowest BCUT2D eigenvalue weighted by atomic mass is 10.0. The van der Waals surface area contributed by atoms with Crippen LogP contribution in [0.4, 0.5) is 10.1 Å². The summed E-state index contributed by atoms with van der Waals surface area (Å²) < 4.78 is 18.8. The molecule has 0 bridgehead atoms. The molecule has 0 saturated carbocycles. The second-order valence-corrected chi connectivity index (χ2v) is 7.80. The maximum absolute atomic E-state index is 13.2. The van der Waals surface area contributed by atoms with Gasteiger partial charge in [-0.25, -0.2) is 9.29 Å². The molecule has 0 N–H and O–H groups in total. The smallest absolute Gasteiger partial charge is 0.261 e. The summed E-state index contributed by atoms with van der Waals surface area (Å²) >= 11 is 0. The molecule has 0 aliphatic carbocycles. The van der Waals surface area contributed by atoms with Crippen LogP contribution in [-0.2, 0) is 14.4 Å². The minimum atomic E-state index is -0.945. The molecule has 1 unspecified atom stereocenters. The molecule has 6 nitrogen and oxygen atoms in total. The van der Waals surface area contributed by atoms with Crippen LogP contribution in [0.5, 0.6) is 5.75 Å². The summed E-state index contributed by atoms with van der Waals surface area (Å²) in [6, 6.07) is 13.0. The van der Waals surface area contributed by atoms with Gasteiger partial charge in [0.1, 0.15) is 17.6 Å². The molecule has 1 aliphatic rings. The van der Waals surface area contributed by atoms with Crippen molar-refractivity contribution in [3.8, 4) is 5.75 Å². The largest absolute Gasteiger partial charge is 0.484 e. The highest BCUT2D eigenvalue weighted by Crippen LogP contribution is 2.30. The highest BCUT2D eigenvalue weighted by molar-refractivity contribution is 6.23. The van der Waals surface area contributed by atoms with Gasteiger partial charge in [-0.3, -0.25) is 14.4 Å². The van der Waals surface area contributed by atoms with Crippen molar-refractivity contribution in [1.82, 2.24) is 4.90 Å². The van der Waals surface area contributed by atoms with E-state index in [2.05, 4.69) is 0 Å². The molecule has 1 heterocycles.